The number of halogens is 2. The van der Waals surface area contributed by atoms with Crippen LogP contribution in [0.4, 0.5) is 0 Å². The lowest BCUT2D eigenvalue weighted by Gasteiger charge is -2.42. The number of carbonyl (C=O) groups is 3. The van der Waals surface area contributed by atoms with Gasteiger partial charge in [-0.05, 0) is 35.2 Å². The molecule has 1 heterocycles. The number of rotatable bonds is 10. The van der Waals surface area contributed by atoms with Crippen LogP contribution in [-0.4, -0.2) is 57.3 Å². The van der Waals surface area contributed by atoms with Gasteiger partial charge in [0, 0.05) is 23.9 Å². The Morgan fingerprint density at radius 1 is 0.919 bits per heavy atom. The number of carbonyl (C=O) groups excluding carboxylic acids is 2. The Morgan fingerprint density at radius 3 is 2.03 bits per heavy atom. The minimum Gasteiger partial charge on any atom is -0.481 e. The van der Waals surface area contributed by atoms with Crippen LogP contribution in [0.1, 0.15) is 35.4 Å². The Kier molecular flexibility index (Phi) is 8.85. The van der Waals surface area contributed by atoms with Gasteiger partial charge in [0.05, 0.1) is 6.42 Å². The van der Waals surface area contributed by atoms with E-state index >= 15 is 0 Å². The summed E-state index contributed by atoms with van der Waals surface area (Å²) in [6.07, 6.45) is 0.368. The lowest BCUT2D eigenvalue weighted by atomic mass is 9.88. The number of hydrogen-bond acceptors (Lipinski definition) is 3. The molecule has 0 aliphatic carbocycles. The highest BCUT2D eigenvalue weighted by Gasteiger charge is 2.42. The first-order valence-electron chi connectivity index (χ1n) is 12.1. The molecule has 6 nitrogen and oxygen atoms in total. The topological polar surface area (TPSA) is 77.9 Å². The van der Waals surface area contributed by atoms with E-state index in [0.717, 1.165) is 16.7 Å². The molecule has 1 aliphatic heterocycles. The molecular formula is C29H28Cl2N2O4. The van der Waals surface area contributed by atoms with Gasteiger partial charge >= 0.3 is 5.97 Å². The van der Waals surface area contributed by atoms with E-state index < -0.39 is 29.8 Å². The largest absolute Gasteiger partial charge is 0.481 e. The van der Waals surface area contributed by atoms with E-state index in [2.05, 4.69) is 0 Å². The van der Waals surface area contributed by atoms with Crippen molar-refractivity contribution < 1.29 is 19.5 Å². The lowest BCUT2D eigenvalue weighted by Crippen LogP contribution is -2.62. The smallest absolute Gasteiger partial charge is 0.305 e. The van der Waals surface area contributed by atoms with Crippen LogP contribution >= 0.6 is 23.2 Å². The molecule has 0 saturated carbocycles. The molecule has 192 valence electrons. The molecule has 2 amide bonds. The number of nitrogens with zero attached hydrogens (tertiary/aromatic N) is 2. The van der Waals surface area contributed by atoms with Crippen molar-refractivity contribution in [1.82, 2.24) is 9.80 Å². The zero-order valence-electron chi connectivity index (χ0n) is 20.2. The normalized spacial score (nSPS) is 16.8. The van der Waals surface area contributed by atoms with E-state index in [1.165, 1.54) is 9.80 Å². The standard InChI is InChI=1S/C29H28Cl2N2O4/c30-23-13-11-20(12-14-23)17-26(31)33-19-27(34)32(25(29(33)37)18-28(35)36)16-15-24(21-7-3-1-4-8-21)22-9-5-2-6-10-22/h1-14,24-26H,15-19H2,(H,35,36). The second-order valence-corrected chi connectivity index (χ2v) is 10.0. The molecule has 0 aromatic heterocycles. The maximum atomic E-state index is 13.5. The average Bonchev–Trinajstić information content (AvgIpc) is 2.90. The summed E-state index contributed by atoms with van der Waals surface area (Å²) in [5, 5.41) is 10.1. The SMILES string of the molecule is O=C(O)CC1C(=O)N(C(Cl)Cc2ccc(Cl)cc2)CC(=O)N1CCC(c1ccccc1)c1ccccc1. The second-order valence-electron chi connectivity index (χ2n) is 9.09. The maximum absolute atomic E-state index is 13.5. The van der Waals surface area contributed by atoms with Crippen molar-refractivity contribution in [1.29, 1.82) is 0 Å². The highest BCUT2D eigenvalue weighted by atomic mass is 35.5. The molecule has 1 N–H and O–H groups in total. The zero-order valence-corrected chi connectivity index (χ0v) is 21.7. The van der Waals surface area contributed by atoms with Crippen molar-refractivity contribution in [2.45, 2.75) is 36.7 Å². The van der Waals surface area contributed by atoms with Gasteiger partial charge in [-0.3, -0.25) is 14.4 Å². The number of alkyl halides is 1. The highest BCUT2D eigenvalue weighted by molar-refractivity contribution is 6.30. The van der Waals surface area contributed by atoms with Gasteiger partial charge in [0.1, 0.15) is 18.1 Å². The van der Waals surface area contributed by atoms with E-state index in [1.54, 1.807) is 12.1 Å². The number of carboxylic acid groups (broad SMARTS) is 1. The first kappa shape index (κ1) is 26.7. The maximum Gasteiger partial charge on any atom is 0.305 e. The molecule has 2 atom stereocenters. The third-order valence-electron chi connectivity index (χ3n) is 6.66. The lowest BCUT2D eigenvalue weighted by molar-refractivity contribution is -0.159. The molecule has 2 unspecified atom stereocenters. The van der Waals surface area contributed by atoms with E-state index in [-0.39, 0.29) is 24.9 Å². The Hall–Kier alpha value is -3.35. The third-order valence-corrected chi connectivity index (χ3v) is 7.30. The fraction of sp³-hybridized carbons (Fsp3) is 0.276. The first-order chi connectivity index (χ1) is 17.8. The van der Waals surface area contributed by atoms with Crippen LogP contribution in [0.3, 0.4) is 0 Å². The monoisotopic (exact) mass is 538 g/mol. The third kappa shape index (κ3) is 6.70. The van der Waals surface area contributed by atoms with Crippen molar-refractivity contribution in [2.24, 2.45) is 0 Å². The Balaban J connectivity index is 1.53. The van der Waals surface area contributed by atoms with E-state index in [9.17, 15) is 19.5 Å². The van der Waals surface area contributed by atoms with Crippen molar-refractivity contribution in [2.75, 3.05) is 13.1 Å². The quantitative estimate of drug-likeness (QED) is 0.285. The fourth-order valence-electron chi connectivity index (χ4n) is 4.78. The summed E-state index contributed by atoms with van der Waals surface area (Å²) in [6, 6.07) is 25.9. The molecule has 0 spiro atoms. The molecule has 8 heteroatoms. The highest BCUT2D eigenvalue weighted by Crippen LogP contribution is 2.30. The second kappa shape index (κ2) is 12.3. The van der Waals surface area contributed by atoms with Crippen LogP contribution in [0.2, 0.25) is 5.02 Å². The minimum atomic E-state index is -1.15. The summed E-state index contributed by atoms with van der Waals surface area (Å²) in [4.78, 5) is 41.1. The van der Waals surface area contributed by atoms with Crippen molar-refractivity contribution in [3.63, 3.8) is 0 Å². The molecule has 1 aliphatic rings. The van der Waals surface area contributed by atoms with E-state index in [1.807, 2.05) is 72.8 Å². The van der Waals surface area contributed by atoms with Gasteiger partial charge in [-0.1, -0.05) is 96.0 Å². The summed E-state index contributed by atoms with van der Waals surface area (Å²) in [5.74, 6) is -1.93. The molecule has 4 rings (SSSR count). The molecule has 3 aromatic carbocycles. The van der Waals surface area contributed by atoms with E-state index in [0.29, 0.717) is 17.9 Å². The minimum absolute atomic E-state index is 0.0144. The number of benzene rings is 3. The van der Waals surface area contributed by atoms with Crippen molar-refractivity contribution in [3.05, 3.63) is 107 Å². The summed E-state index contributed by atoms with van der Waals surface area (Å²) < 4.78 is 0. The number of hydrogen-bond donors (Lipinski definition) is 1. The fourth-order valence-corrected chi connectivity index (χ4v) is 5.25. The molecular weight excluding hydrogens is 511 g/mol. The molecule has 37 heavy (non-hydrogen) atoms. The average molecular weight is 539 g/mol. The van der Waals surface area contributed by atoms with Gasteiger partial charge in [-0.2, -0.15) is 0 Å². The van der Waals surface area contributed by atoms with Gasteiger partial charge in [0.25, 0.3) is 0 Å². The summed E-state index contributed by atoms with van der Waals surface area (Å²) >= 11 is 12.5. The number of amides is 2. The van der Waals surface area contributed by atoms with E-state index in [4.69, 9.17) is 23.2 Å². The molecule has 1 saturated heterocycles. The van der Waals surface area contributed by atoms with Gasteiger partial charge < -0.3 is 14.9 Å². The van der Waals surface area contributed by atoms with Crippen LogP contribution in [0.15, 0.2) is 84.9 Å². The Labute approximate surface area is 226 Å². The van der Waals surface area contributed by atoms with Crippen LogP contribution in [-0.2, 0) is 20.8 Å². The molecule has 1 fully saturated rings. The summed E-state index contributed by atoms with van der Waals surface area (Å²) in [5.41, 5.74) is 2.24. The van der Waals surface area contributed by atoms with Crippen molar-refractivity contribution in [3.8, 4) is 0 Å². The predicted molar refractivity (Wildman–Crippen MR) is 144 cm³/mol. The summed E-state index contributed by atoms with van der Waals surface area (Å²) in [7, 11) is 0. The van der Waals surface area contributed by atoms with Crippen LogP contribution < -0.4 is 0 Å². The number of piperazine rings is 1. The first-order valence-corrected chi connectivity index (χ1v) is 12.9. The summed E-state index contributed by atoms with van der Waals surface area (Å²) in [6.45, 7) is 0.0486. The molecule has 0 radical (unpaired) electrons. The Bertz CT molecular complexity index is 1180. The van der Waals surface area contributed by atoms with Crippen LogP contribution in [0.5, 0.6) is 0 Å². The zero-order chi connectivity index (χ0) is 26.4. The van der Waals surface area contributed by atoms with Gasteiger partial charge in [-0.15, -0.1) is 0 Å². The number of aliphatic carboxylic acids is 1. The van der Waals surface area contributed by atoms with Gasteiger partial charge in [0.2, 0.25) is 11.8 Å². The number of carboxylic acids is 1. The van der Waals surface area contributed by atoms with Crippen LogP contribution in [0.25, 0.3) is 0 Å². The predicted octanol–water partition coefficient (Wildman–Crippen LogP) is 5.18. The van der Waals surface area contributed by atoms with Crippen molar-refractivity contribution >= 4 is 41.0 Å². The van der Waals surface area contributed by atoms with Gasteiger partial charge in [-0.25, -0.2) is 0 Å². The molecule has 3 aromatic rings. The Morgan fingerprint density at radius 2 is 1.49 bits per heavy atom. The van der Waals surface area contributed by atoms with Crippen LogP contribution in [0, 0.1) is 0 Å². The van der Waals surface area contributed by atoms with Gasteiger partial charge in [0.15, 0.2) is 0 Å². The molecule has 0 bridgehead atoms.